The lowest BCUT2D eigenvalue weighted by atomic mass is 10.3. The largest absolute Gasteiger partial charge is 1.00 e. The summed E-state index contributed by atoms with van der Waals surface area (Å²) in [4.78, 5) is 0. The Labute approximate surface area is 115 Å². The molecule has 0 aliphatic heterocycles. The number of imidazole rings is 1. The van der Waals surface area contributed by atoms with Crippen molar-refractivity contribution in [3.63, 3.8) is 0 Å². The topological polar surface area (TPSA) is 8.81 Å². The van der Waals surface area contributed by atoms with Crippen LogP contribution in [-0.4, -0.2) is 16.0 Å². The second kappa shape index (κ2) is 11.4. The van der Waals surface area contributed by atoms with Gasteiger partial charge in [0, 0.05) is 0 Å². The third-order valence-corrected chi connectivity index (χ3v) is 1.59. The molecule has 0 fully saturated rings. The van der Waals surface area contributed by atoms with Gasteiger partial charge in [-0.15, -0.1) is 0 Å². The first-order valence-corrected chi connectivity index (χ1v) is 9.73. The predicted octanol–water partition coefficient (Wildman–Crippen LogP) is -0.196. The van der Waals surface area contributed by atoms with Crippen LogP contribution in [0.3, 0.4) is 0 Å². The quantitative estimate of drug-likeness (QED) is 0.540. The van der Waals surface area contributed by atoms with Gasteiger partial charge in [0.25, 0.3) is 0 Å². The van der Waals surface area contributed by atoms with Crippen LogP contribution in [-0.2, 0) is 13.6 Å². The average Bonchev–Trinajstić information content (AvgIpc) is 2.47. The lowest BCUT2D eigenvalue weighted by Gasteiger charge is -1.90. The molecule has 0 radical (unpaired) electrons. The van der Waals surface area contributed by atoms with Gasteiger partial charge in [0.15, 0.2) is 0 Å². The van der Waals surface area contributed by atoms with E-state index in [1.807, 2.05) is 7.05 Å². The van der Waals surface area contributed by atoms with E-state index in [9.17, 15) is 0 Å². The Hall–Kier alpha value is 0.902. The first-order chi connectivity index (χ1) is 6.56. The summed E-state index contributed by atoms with van der Waals surface area (Å²) in [5.41, 5.74) is 0. The maximum atomic E-state index is 4.94. The van der Waals surface area contributed by atoms with E-state index in [1.54, 1.807) is 0 Å². The fourth-order valence-corrected chi connectivity index (χ4v) is 0.975. The molecule has 15 heavy (non-hydrogen) atoms. The van der Waals surface area contributed by atoms with Gasteiger partial charge in [-0.05, 0) is 6.42 Å². The summed E-state index contributed by atoms with van der Waals surface area (Å²) in [5.74, 6) is 0. The first kappa shape index (κ1) is 18.3. The summed E-state index contributed by atoms with van der Waals surface area (Å²) < 4.78 is 4.28. The fraction of sp³-hybridized carbons (Fsp3) is 0.625. The number of rotatable bonds is 3. The molecule has 0 aliphatic rings. The molecule has 1 heterocycles. The Balaban J connectivity index is 0. The number of nitrogens with zero attached hydrogens (tertiary/aromatic N) is 2. The van der Waals surface area contributed by atoms with Crippen LogP contribution in [0.5, 0.6) is 0 Å². The highest BCUT2D eigenvalue weighted by Gasteiger charge is 2.00. The molecule has 1 aromatic heterocycles. The van der Waals surface area contributed by atoms with Gasteiger partial charge < -0.3 is 12.4 Å². The van der Waals surface area contributed by atoms with Crippen LogP contribution >= 0.6 is 30.1 Å². The van der Waals surface area contributed by atoms with E-state index in [0.29, 0.717) is 0 Å². The van der Waals surface area contributed by atoms with Crippen molar-refractivity contribution in [1.82, 2.24) is 4.57 Å². The number of unbranched alkanes of at least 4 members (excludes halogenated alkanes) is 1. The summed E-state index contributed by atoms with van der Waals surface area (Å²) in [6, 6.07) is 0. The van der Waals surface area contributed by atoms with Crippen LogP contribution in [0.1, 0.15) is 19.8 Å². The van der Waals surface area contributed by atoms with Crippen LogP contribution in [0.4, 0.5) is 0 Å². The molecule has 0 spiro atoms. The normalized spacial score (nSPS) is 8.60. The summed E-state index contributed by atoms with van der Waals surface area (Å²) in [7, 11) is 16.9. The summed E-state index contributed by atoms with van der Waals surface area (Å²) in [6.07, 6.45) is 8.82. The van der Waals surface area contributed by atoms with E-state index in [2.05, 4.69) is 34.8 Å². The average molecular weight is 308 g/mol. The Bertz CT molecular complexity index is 240. The predicted molar refractivity (Wildman–Crippen MR) is 63.8 cm³/mol. The minimum Gasteiger partial charge on any atom is -1.00 e. The highest BCUT2D eigenvalue weighted by atomic mass is 35.8. The Morgan fingerprint density at radius 2 is 1.87 bits per heavy atom. The van der Waals surface area contributed by atoms with Gasteiger partial charge >= 0.3 is 11.4 Å². The van der Waals surface area contributed by atoms with Crippen molar-refractivity contribution in [3.05, 3.63) is 18.7 Å². The molecule has 0 atom stereocenters. The third-order valence-electron chi connectivity index (χ3n) is 1.59. The number of aryl methyl sites for hydroxylation is 2. The van der Waals surface area contributed by atoms with E-state index in [4.69, 9.17) is 30.1 Å². The fourth-order valence-electron chi connectivity index (χ4n) is 0.975. The van der Waals surface area contributed by atoms with E-state index in [1.165, 1.54) is 12.8 Å². The zero-order valence-electron chi connectivity index (χ0n) is 8.84. The van der Waals surface area contributed by atoms with Crippen LogP contribution < -0.4 is 17.0 Å². The van der Waals surface area contributed by atoms with Crippen molar-refractivity contribution in [2.45, 2.75) is 26.3 Å². The standard InChI is InChI=1S/C8H15N2.Al.4ClH/c1-3-4-5-10-7-6-9(2)8-10;;;;;/h6-8H,3-5H2,1-2H3;;4*1H/q+1;+3;;;;/p-4. The summed E-state index contributed by atoms with van der Waals surface area (Å²) in [5, 5.41) is 0. The molecule has 2 nitrogen and oxygen atoms in total. The van der Waals surface area contributed by atoms with Crippen molar-refractivity contribution in [2.24, 2.45) is 7.05 Å². The molecule has 0 aliphatic carbocycles. The van der Waals surface area contributed by atoms with Gasteiger partial charge in [0.05, 0.1) is 13.6 Å². The van der Waals surface area contributed by atoms with Crippen molar-refractivity contribution >= 4 is 41.5 Å². The number of halogens is 4. The summed E-state index contributed by atoms with van der Waals surface area (Å²) in [6.45, 7) is 3.36. The second-order valence-corrected chi connectivity index (χ2v) is 9.35. The summed E-state index contributed by atoms with van der Waals surface area (Å²) >= 11 is -1.72. The molecule has 0 N–H and O–H groups in total. The molecule has 1 aromatic rings. The molecular weight excluding hydrogens is 293 g/mol. The number of aromatic nitrogens is 2. The number of hydrogen-bond acceptors (Lipinski definition) is 0. The molecule has 0 unspecified atom stereocenters. The smallest absolute Gasteiger partial charge is 0.643 e. The molecule has 88 valence electrons. The van der Waals surface area contributed by atoms with E-state index >= 15 is 0 Å². The van der Waals surface area contributed by atoms with E-state index in [-0.39, 0.29) is 12.4 Å². The highest BCUT2D eigenvalue weighted by Crippen LogP contribution is 1.97. The van der Waals surface area contributed by atoms with Gasteiger partial charge in [-0.2, -0.15) is 0 Å². The molecule has 0 bridgehead atoms. The van der Waals surface area contributed by atoms with Crippen molar-refractivity contribution in [1.29, 1.82) is 0 Å². The van der Waals surface area contributed by atoms with Crippen LogP contribution in [0.25, 0.3) is 0 Å². The first-order valence-electron chi connectivity index (χ1n) is 4.49. The SMILES string of the molecule is CCCC[n+]1ccn(C)c1.[Cl-].[Cl][Al]([Cl])[Cl]. The van der Waals surface area contributed by atoms with Crippen molar-refractivity contribution in [3.8, 4) is 0 Å². The number of hydrogen-bond donors (Lipinski definition) is 0. The monoisotopic (exact) mass is 306 g/mol. The molecular formula is C8H15AlCl4N2. The minimum atomic E-state index is -1.72. The maximum absolute atomic E-state index is 4.94. The zero-order valence-corrected chi connectivity index (χ0v) is 13.0. The maximum Gasteiger partial charge on any atom is 0.643 e. The van der Waals surface area contributed by atoms with Gasteiger partial charge in [-0.25, -0.2) is 39.3 Å². The Morgan fingerprint density at radius 1 is 1.33 bits per heavy atom. The van der Waals surface area contributed by atoms with Crippen molar-refractivity contribution in [2.75, 3.05) is 0 Å². The van der Waals surface area contributed by atoms with Gasteiger partial charge in [-0.3, -0.25) is 0 Å². The molecule has 0 saturated carbocycles. The lowest BCUT2D eigenvalue weighted by molar-refractivity contribution is -0.696. The molecule has 1 rings (SSSR count). The Kier molecular flexibility index (Phi) is 13.9. The van der Waals surface area contributed by atoms with Gasteiger partial charge in [0.1, 0.15) is 12.4 Å². The second-order valence-electron chi connectivity index (χ2n) is 2.92. The van der Waals surface area contributed by atoms with E-state index in [0.717, 1.165) is 6.54 Å². The lowest BCUT2D eigenvalue weighted by Crippen LogP contribution is -3.00. The zero-order chi connectivity index (χ0) is 11.0. The van der Waals surface area contributed by atoms with Gasteiger partial charge in [-0.1, -0.05) is 13.3 Å². The molecule has 7 heteroatoms. The van der Waals surface area contributed by atoms with Crippen LogP contribution in [0.15, 0.2) is 18.7 Å². The van der Waals surface area contributed by atoms with Crippen molar-refractivity contribution < 1.29 is 17.0 Å². The minimum absolute atomic E-state index is 0. The molecule has 0 saturated heterocycles. The third kappa shape index (κ3) is 12.8. The van der Waals surface area contributed by atoms with Crippen LogP contribution in [0.2, 0.25) is 0 Å². The Morgan fingerprint density at radius 3 is 2.20 bits per heavy atom. The molecule has 0 aromatic carbocycles. The highest BCUT2D eigenvalue weighted by molar-refractivity contribution is 7.54. The van der Waals surface area contributed by atoms with E-state index < -0.39 is 11.4 Å². The molecule has 0 amide bonds. The van der Waals surface area contributed by atoms with Crippen LogP contribution in [0, 0.1) is 0 Å². The van der Waals surface area contributed by atoms with Gasteiger partial charge in [0.2, 0.25) is 6.33 Å².